The van der Waals surface area contributed by atoms with Crippen molar-refractivity contribution in [3.8, 4) is 0 Å². The van der Waals surface area contributed by atoms with Crippen molar-refractivity contribution in [3.63, 3.8) is 0 Å². The molecule has 0 N–H and O–H groups in total. The number of hydrogen-bond donors (Lipinski definition) is 0. The van der Waals surface area contributed by atoms with Crippen LogP contribution in [0, 0.1) is 0 Å². The van der Waals surface area contributed by atoms with Crippen molar-refractivity contribution in [1.82, 2.24) is 10.1 Å². The summed E-state index contributed by atoms with van der Waals surface area (Å²) in [6, 6.07) is 7.61. The number of alkyl halides is 3. The Kier molecular flexibility index (Phi) is 4.94. The van der Waals surface area contributed by atoms with Crippen molar-refractivity contribution in [2.45, 2.75) is 51.4 Å². The first-order chi connectivity index (χ1) is 11.5. The van der Waals surface area contributed by atoms with Gasteiger partial charge in [-0.3, -0.25) is 4.90 Å². The van der Waals surface area contributed by atoms with Crippen molar-refractivity contribution >= 4 is 0 Å². The fraction of sp³-hybridized carbons (Fsp3) is 0.500. The Morgan fingerprint density at radius 2 is 2.00 bits per heavy atom. The number of hydrogen-bond acceptors (Lipinski definition) is 3. The number of rotatable bonds is 5. The molecule has 2 aromatic rings. The third kappa shape index (κ3) is 3.80. The van der Waals surface area contributed by atoms with Gasteiger partial charge in [-0.2, -0.15) is 13.2 Å². The summed E-state index contributed by atoms with van der Waals surface area (Å²) in [5, 5.41) is 4.19. The average molecular weight is 338 g/mol. The maximum atomic E-state index is 12.6. The monoisotopic (exact) mass is 338 g/mol. The van der Waals surface area contributed by atoms with E-state index in [1.807, 2.05) is 6.07 Å². The molecule has 0 aliphatic carbocycles. The van der Waals surface area contributed by atoms with Gasteiger partial charge in [0.05, 0.1) is 11.6 Å². The maximum absolute atomic E-state index is 12.6. The SMILES string of the molecule is CCCc1cc([C@@H]2CCCN2Cc2ccc(C(F)(F)F)cc2)no1. The summed E-state index contributed by atoms with van der Waals surface area (Å²) >= 11 is 0. The largest absolute Gasteiger partial charge is 0.416 e. The molecule has 1 aliphatic rings. The predicted molar refractivity (Wildman–Crippen MR) is 84.3 cm³/mol. The Balaban J connectivity index is 1.69. The van der Waals surface area contributed by atoms with E-state index in [1.54, 1.807) is 12.1 Å². The molecule has 1 atom stereocenters. The van der Waals surface area contributed by atoms with Crippen LogP contribution in [0.25, 0.3) is 0 Å². The van der Waals surface area contributed by atoms with Gasteiger partial charge >= 0.3 is 6.18 Å². The summed E-state index contributed by atoms with van der Waals surface area (Å²) in [6.07, 6.45) is -0.349. The van der Waals surface area contributed by atoms with Gasteiger partial charge in [0.25, 0.3) is 0 Å². The van der Waals surface area contributed by atoms with Gasteiger partial charge < -0.3 is 4.52 Å². The van der Waals surface area contributed by atoms with Crippen LogP contribution < -0.4 is 0 Å². The minimum Gasteiger partial charge on any atom is -0.361 e. The van der Waals surface area contributed by atoms with Gasteiger partial charge in [0.2, 0.25) is 0 Å². The quantitative estimate of drug-likeness (QED) is 0.770. The first-order valence-corrected chi connectivity index (χ1v) is 8.33. The Morgan fingerprint density at radius 3 is 2.67 bits per heavy atom. The van der Waals surface area contributed by atoms with Crippen LogP contribution in [0.2, 0.25) is 0 Å². The lowest BCUT2D eigenvalue weighted by Gasteiger charge is -2.22. The summed E-state index contributed by atoms with van der Waals surface area (Å²) in [4.78, 5) is 2.26. The third-order valence-electron chi connectivity index (χ3n) is 4.45. The Morgan fingerprint density at radius 1 is 1.25 bits per heavy atom. The smallest absolute Gasteiger partial charge is 0.361 e. The number of aromatic nitrogens is 1. The van der Waals surface area contributed by atoms with E-state index in [0.717, 1.165) is 61.4 Å². The zero-order chi connectivity index (χ0) is 17.2. The lowest BCUT2D eigenvalue weighted by molar-refractivity contribution is -0.137. The van der Waals surface area contributed by atoms with Gasteiger partial charge in [-0.05, 0) is 43.5 Å². The first kappa shape index (κ1) is 17.0. The Bertz CT molecular complexity index is 664. The molecule has 6 heteroatoms. The van der Waals surface area contributed by atoms with E-state index < -0.39 is 11.7 Å². The molecule has 1 aromatic carbocycles. The molecule has 0 radical (unpaired) electrons. The van der Waals surface area contributed by atoms with Gasteiger partial charge in [-0.1, -0.05) is 24.2 Å². The van der Waals surface area contributed by atoms with Crippen LogP contribution in [0.5, 0.6) is 0 Å². The van der Waals surface area contributed by atoms with Crippen LogP contribution in [0.1, 0.15) is 54.8 Å². The maximum Gasteiger partial charge on any atom is 0.416 e. The van der Waals surface area contributed by atoms with E-state index in [1.165, 1.54) is 0 Å². The third-order valence-corrected chi connectivity index (χ3v) is 4.45. The van der Waals surface area contributed by atoms with Crippen LogP contribution in [0.4, 0.5) is 13.2 Å². The molecule has 3 nitrogen and oxygen atoms in total. The second-order valence-electron chi connectivity index (χ2n) is 6.29. The Labute approximate surface area is 139 Å². The van der Waals surface area contributed by atoms with Gasteiger partial charge in [-0.15, -0.1) is 0 Å². The van der Waals surface area contributed by atoms with Crippen molar-refractivity contribution in [2.24, 2.45) is 0 Å². The number of nitrogens with zero attached hydrogens (tertiary/aromatic N) is 2. The summed E-state index contributed by atoms with van der Waals surface area (Å²) in [5.74, 6) is 0.897. The van der Waals surface area contributed by atoms with Crippen molar-refractivity contribution < 1.29 is 17.7 Å². The first-order valence-electron chi connectivity index (χ1n) is 8.33. The van der Waals surface area contributed by atoms with Gasteiger partial charge in [0, 0.05) is 19.0 Å². The zero-order valence-corrected chi connectivity index (χ0v) is 13.6. The summed E-state index contributed by atoms with van der Waals surface area (Å²) in [7, 11) is 0. The molecule has 24 heavy (non-hydrogen) atoms. The highest BCUT2D eigenvalue weighted by atomic mass is 19.4. The number of halogens is 3. The van der Waals surface area contributed by atoms with E-state index in [0.29, 0.717) is 6.54 Å². The van der Waals surface area contributed by atoms with Crippen LogP contribution in [-0.4, -0.2) is 16.6 Å². The van der Waals surface area contributed by atoms with Gasteiger partial charge in [-0.25, -0.2) is 0 Å². The predicted octanol–water partition coefficient (Wildman–Crippen LogP) is 4.98. The molecule has 0 unspecified atom stereocenters. The molecule has 0 spiro atoms. The van der Waals surface area contributed by atoms with Crippen molar-refractivity contribution in [3.05, 3.63) is 52.9 Å². The normalized spacial score (nSPS) is 19.1. The molecule has 1 aromatic heterocycles. The molecule has 0 amide bonds. The second kappa shape index (κ2) is 6.97. The fourth-order valence-corrected chi connectivity index (χ4v) is 3.23. The minimum atomic E-state index is -4.29. The molecule has 0 bridgehead atoms. The molecule has 3 rings (SSSR count). The fourth-order valence-electron chi connectivity index (χ4n) is 3.23. The number of benzene rings is 1. The van der Waals surface area contributed by atoms with E-state index >= 15 is 0 Å². The van der Waals surface area contributed by atoms with E-state index in [2.05, 4.69) is 17.0 Å². The summed E-state index contributed by atoms with van der Waals surface area (Å²) < 4.78 is 43.3. The van der Waals surface area contributed by atoms with Gasteiger partial charge in [0.15, 0.2) is 0 Å². The van der Waals surface area contributed by atoms with Crippen molar-refractivity contribution in [2.75, 3.05) is 6.54 Å². The molecular formula is C18H21F3N2O. The molecule has 2 heterocycles. The number of likely N-dealkylation sites (tertiary alicyclic amines) is 1. The van der Waals surface area contributed by atoms with Crippen LogP contribution >= 0.6 is 0 Å². The lowest BCUT2D eigenvalue weighted by atomic mass is 10.1. The number of aryl methyl sites for hydroxylation is 1. The summed E-state index contributed by atoms with van der Waals surface area (Å²) in [6.45, 7) is 3.63. The average Bonchev–Trinajstić information content (AvgIpc) is 3.16. The van der Waals surface area contributed by atoms with E-state index in [4.69, 9.17) is 4.52 Å². The molecule has 1 fully saturated rings. The molecule has 1 aliphatic heterocycles. The molecule has 1 saturated heterocycles. The van der Waals surface area contributed by atoms with Crippen LogP contribution in [-0.2, 0) is 19.1 Å². The van der Waals surface area contributed by atoms with E-state index in [9.17, 15) is 13.2 Å². The van der Waals surface area contributed by atoms with Crippen LogP contribution in [0.3, 0.4) is 0 Å². The lowest BCUT2D eigenvalue weighted by Crippen LogP contribution is -2.23. The van der Waals surface area contributed by atoms with Crippen molar-refractivity contribution in [1.29, 1.82) is 0 Å². The Hall–Kier alpha value is -1.82. The minimum absolute atomic E-state index is 0.182. The highest BCUT2D eigenvalue weighted by Gasteiger charge is 2.31. The molecule has 130 valence electrons. The van der Waals surface area contributed by atoms with E-state index in [-0.39, 0.29) is 6.04 Å². The van der Waals surface area contributed by atoms with Crippen LogP contribution in [0.15, 0.2) is 34.9 Å². The standard InChI is InChI=1S/C18H21F3N2O/c1-2-4-15-11-16(22-24-15)17-5-3-10-23(17)12-13-6-8-14(9-7-13)18(19,20)21/h6-9,11,17H,2-5,10,12H2,1H3/t17-/m0/s1. The topological polar surface area (TPSA) is 29.3 Å². The van der Waals surface area contributed by atoms with Gasteiger partial charge in [0.1, 0.15) is 11.5 Å². The molecule has 0 saturated carbocycles. The summed E-state index contributed by atoms with van der Waals surface area (Å²) in [5.41, 5.74) is 1.21. The second-order valence-corrected chi connectivity index (χ2v) is 6.29. The highest BCUT2D eigenvalue weighted by Crippen LogP contribution is 2.34. The highest BCUT2D eigenvalue weighted by molar-refractivity contribution is 5.25. The molecular weight excluding hydrogens is 317 g/mol. The zero-order valence-electron chi connectivity index (χ0n) is 13.6.